The zero-order valence-electron chi connectivity index (χ0n) is 20.9. The largest absolute Gasteiger partial charge is 0.504 e. The van der Waals surface area contributed by atoms with Crippen molar-refractivity contribution in [3.63, 3.8) is 0 Å². The van der Waals surface area contributed by atoms with E-state index in [0.29, 0.717) is 11.7 Å². The third kappa shape index (κ3) is 5.79. The lowest BCUT2D eigenvalue weighted by molar-refractivity contribution is 0.264. The highest BCUT2D eigenvalue weighted by molar-refractivity contribution is 7.91. The van der Waals surface area contributed by atoms with E-state index in [0.717, 1.165) is 16.9 Å². The first-order chi connectivity index (χ1) is 16.3. The van der Waals surface area contributed by atoms with Gasteiger partial charge in [-0.2, -0.15) is 4.31 Å². The van der Waals surface area contributed by atoms with Crippen LogP contribution in [-0.2, 0) is 21.2 Å². The molecule has 0 radical (unpaired) electrons. The normalized spacial score (nSPS) is 17.6. The van der Waals surface area contributed by atoms with Gasteiger partial charge in [0.15, 0.2) is 21.6 Å². The molecule has 3 N–H and O–H groups in total. The van der Waals surface area contributed by atoms with Gasteiger partial charge in [0.05, 0.1) is 18.0 Å². The number of furan rings is 1. The summed E-state index contributed by atoms with van der Waals surface area (Å²) in [4.78, 5) is 0. The average molecular weight is 544 g/mol. The van der Waals surface area contributed by atoms with E-state index in [-0.39, 0.29) is 46.1 Å². The number of thiophene rings is 1. The Bertz CT molecular complexity index is 1250. The number of hydrogen-bond donors (Lipinski definition) is 3. The topological polar surface area (TPSA) is 137 Å². The number of rotatable bonds is 8. The lowest BCUT2D eigenvalue weighted by Gasteiger charge is -2.30. The maximum absolute atomic E-state index is 12.9. The van der Waals surface area contributed by atoms with E-state index >= 15 is 0 Å². The van der Waals surface area contributed by atoms with Crippen LogP contribution in [-0.4, -0.2) is 46.8 Å². The third-order valence-electron chi connectivity index (χ3n) is 5.57. The summed E-state index contributed by atoms with van der Waals surface area (Å²) in [5, 5.41) is 18.4. The van der Waals surface area contributed by atoms with Gasteiger partial charge in [0, 0.05) is 18.5 Å². The van der Waals surface area contributed by atoms with Crippen molar-refractivity contribution in [3.8, 4) is 5.75 Å². The standard InChI is InChI=1S/C22H33N5O5S3/c1-8-27(9-2)35(30,31)21-17(28)15(12-33-21)23-19-20(26-34(29)25-19)24-18(22(5,6)7)16-10-14(11-32-16)13(3)4/h10-13,18,28H,8-9H2,1-7H3,(H,23,25)(H,24,26). The van der Waals surface area contributed by atoms with Crippen LogP contribution >= 0.6 is 11.3 Å². The van der Waals surface area contributed by atoms with Crippen LogP contribution in [0.3, 0.4) is 0 Å². The Morgan fingerprint density at radius 1 is 1.20 bits per heavy atom. The first-order valence-electron chi connectivity index (χ1n) is 11.3. The fourth-order valence-corrected chi connectivity index (χ4v) is 6.98. The van der Waals surface area contributed by atoms with Crippen molar-refractivity contribution in [2.24, 2.45) is 14.2 Å². The van der Waals surface area contributed by atoms with Gasteiger partial charge in [0.1, 0.15) is 5.76 Å². The Labute approximate surface area is 213 Å². The predicted molar refractivity (Wildman–Crippen MR) is 141 cm³/mol. The molecular weight excluding hydrogens is 510 g/mol. The van der Waals surface area contributed by atoms with Crippen molar-refractivity contribution < 1.29 is 22.2 Å². The number of sulfonamides is 1. The van der Waals surface area contributed by atoms with Crippen molar-refractivity contribution >= 4 is 49.9 Å². The molecule has 2 aromatic heterocycles. The van der Waals surface area contributed by atoms with Crippen LogP contribution in [0.4, 0.5) is 5.69 Å². The minimum absolute atomic E-state index is 0.133. The molecule has 3 heterocycles. The third-order valence-corrected chi connectivity index (χ3v) is 9.78. The Morgan fingerprint density at radius 2 is 1.83 bits per heavy atom. The van der Waals surface area contributed by atoms with E-state index in [1.54, 1.807) is 20.1 Å². The summed E-state index contributed by atoms with van der Waals surface area (Å²) >= 11 is -0.970. The highest BCUT2D eigenvalue weighted by Gasteiger charge is 2.34. The van der Waals surface area contributed by atoms with E-state index in [4.69, 9.17) is 4.42 Å². The van der Waals surface area contributed by atoms with Gasteiger partial charge in [-0.25, -0.2) is 12.6 Å². The molecule has 0 fully saturated rings. The zero-order chi connectivity index (χ0) is 26.1. The molecule has 3 rings (SSSR count). The number of nitrogens with one attached hydrogen (secondary N) is 2. The lowest BCUT2D eigenvalue weighted by Crippen LogP contribution is -2.41. The number of nitrogens with zero attached hydrogens (tertiary/aromatic N) is 3. The molecule has 13 heteroatoms. The molecule has 0 bridgehead atoms. The number of amidine groups is 2. The summed E-state index contributed by atoms with van der Waals surface area (Å²) in [6.45, 7) is 14.3. The summed E-state index contributed by atoms with van der Waals surface area (Å²) in [5.74, 6) is 0.942. The van der Waals surface area contributed by atoms with Gasteiger partial charge in [0.25, 0.3) is 21.2 Å². The number of aromatic hydroxyl groups is 1. The van der Waals surface area contributed by atoms with Crippen LogP contribution in [0.1, 0.15) is 71.7 Å². The van der Waals surface area contributed by atoms with Gasteiger partial charge < -0.3 is 20.2 Å². The molecule has 2 aromatic rings. The molecule has 194 valence electrons. The van der Waals surface area contributed by atoms with Gasteiger partial charge in [-0.05, 0) is 23.0 Å². The van der Waals surface area contributed by atoms with Crippen LogP contribution in [0.5, 0.6) is 5.75 Å². The first kappa shape index (κ1) is 27.4. The molecule has 1 aliphatic rings. The van der Waals surface area contributed by atoms with E-state index in [9.17, 15) is 17.7 Å². The van der Waals surface area contributed by atoms with Crippen LogP contribution in [0, 0.1) is 5.41 Å². The van der Waals surface area contributed by atoms with Gasteiger partial charge >= 0.3 is 0 Å². The minimum atomic E-state index is -3.84. The smallest absolute Gasteiger partial charge is 0.269 e. The molecule has 0 amide bonds. The summed E-state index contributed by atoms with van der Waals surface area (Å²) in [5.41, 5.74) is 0.893. The highest BCUT2D eigenvalue weighted by Crippen LogP contribution is 2.40. The Kier molecular flexibility index (Phi) is 8.14. The Hall–Kier alpha value is -2.22. The molecular formula is C22H33N5O5S3. The SMILES string of the molecule is CCN(CC)S(=O)(=O)c1scc(NC2=NS(=O)N=C2NC(c2cc(C(C)C)co2)C(C)(C)C)c1O. The number of hydrogen-bond acceptors (Lipinski definition) is 8. The second-order valence-corrected chi connectivity index (χ2v) is 13.3. The van der Waals surface area contributed by atoms with E-state index in [1.807, 2.05) is 26.8 Å². The summed E-state index contributed by atoms with van der Waals surface area (Å²) in [6.07, 6.45) is 1.73. The fraction of sp³-hybridized carbons (Fsp3) is 0.545. The molecule has 0 saturated heterocycles. The minimum Gasteiger partial charge on any atom is -0.504 e. The van der Waals surface area contributed by atoms with Crippen LogP contribution in [0.2, 0.25) is 0 Å². The van der Waals surface area contributed by atoms with Gasteiger partial charge in [-0.15, -0.1) is 20.1 Å². The molecule has 10 nitrogen and oxygen atoms in total. The molecule has 2 atom stereocenters. The quantitative estimate of drug-likeness (QED) is 0.449. The zero-order valence-corrected chi connectivity index (χ0v) is 23.4. The van der Waals surface area contributed by atoms with E-state index < -0.39 is 26.9 Å². The molecule has 0 saturated carbocycles. The van der Waals surface area contributed by atoms with Gasteiger partial charge in [-0.3, -0.25) is 0 Å². The monoisotopic (exact) mass is 543 g/mol. The number of anilines is 1. The van der Waals surface area contributed by atoms with E-state index in [2.05, 4.69) is 33.3 Å². The van der Waals surface area contributed by atoms with Crippen molar-refractivity contribution in [1.82, 2.24) is 9.62 Å². The van der Waals surface area contributed by atoms with Crippen molar-refractivity contribution in [2.45, 2.75) is 64.6 Å². The Morgan fingerprint density at radius 3 is 2.37 bits per heavy atom. The molecule has 0 aliphatic carbocycles. The van der Waals surface area contributed by atoms with Crippen molar-refractivity contribution in [3.05, 3.63) is 29.0 Å². The van der Waals surface area contributed by atoms with Gasteiger partial charge in [-0.1, -0.05) is 48.5 Å². The fourth-order valence-electron chi connectivity index (χ4n) is 3.53. The molecule has 0 spiro atoms. The summed E-state index contributed by atoms with van der Waals surface area (Å²) < 4.78 is 53.0. The predicted octanol–water partition coefficient (Wildman–Crippen LogP) is 4.38. The summed E-state index contributed by atoms with van der Waals surface area (Å²) in [6, 6.07) is 1.66. The highest BCUT2D eigenvalue weighted by atomic mass is 32.2. The molecule has 2 unspecified atom stereocenters. The molecule has 0 aromatic carbocycles. The van der Waals surface area contributed by atoms with Crippen LogP contribution in [0.15, 0.2) is 35.1 Å². The summed E-state index contributed by atoms with van der Waals surface area (Å²) in [7, 11) is -3.84. The molecule has 1 aliphatic heterocycles. The van der Waals surface area contributed by atoms with Crippen molar-refractivity contribution in [1.29, 1.82) is 0 Å². The van der Waals surface area contributed by atoms with Gasteiger partial charge in [0.2, 0.25) is 0 Å². The maximum atomic E-state index is 12.9. The van der Waals surface area contributed by atoms with E-state index in [1.165, 1.54) is 9.69 Å². The average Bonchev–Trinajstić information content (AvgIpc) is 3.46. The molecule has 35 heavy (non-hydrogen) atoms. The first-order valence-corrected chi connectivity index (χ1v) is 14.7. The second kappa shape index (κ2) is 10.4. The van der Waals surface area contributed by atoms with Crippen LogP contribution in [0.25, 0.3) is 0 Å². The lowest BCUT2D eigenvalue weighted by atomic mass is 9.84. The Balaban J connectivity index is 1.88. The van der Waals surface area contributed by atoms with Crippen molar-refractivity contribution in [2.75, 3.05) is 18.4 Å². The van der Waals surface area contributed by atoms with Crippen LogP contribution < -0.4 is 10.6 Å². The maximum Gasteiger partial charge on any atom is 0.269 e. The second-order valence-electron chi connectivity index (χ2n) is 9.49.